The predicted molar refractivity (Wildman–Crippen MR) is 189 cm³/mol. The molecule has 0 fully saturated rings. The van der Waals surface area contributed by atoms with Crippen LogP contribution >= 0.6 is 0 Å². The fourth-order valence-corrected chi connectivity index (χ4v) is 6.00. The minimum absolute atomic E-state index is 0.0626. The van der Waals surface area contributed by atoms with E-state index in [0.717, 1.165) is 25.7 Å². The maximum absolute atomic E-state index is 12.3. The second kappa shape index (κ2) is 35.6. The Bertz CT molecular complexity index is 579. The molecule has 0 aliphatic heterocycles. The van der Waals surface area contributed by atoms with Crippen LogP contribution in [-0.2, 0) is 4.79 Å². The first kappa shape index (κ1) is 42.1. The molecule has 0 bridgehead atoms. The number of aliphatic hydroxyl groups excluding tert-OH is 2. The van der Waals surface area contributed by atoms with Gasteiger partial charge in [-0.05, 0) is 19.3 Å². The van der Waals surface area contributed by atoms with Gasteiger partial charge in [-0.3, -0.25) is 4.79 Å². The SMILES string of the molecule is CCCCCCCCCC/C=C/C(O)C(CO)NC(=O)CCCCCCCCCCCCCCCCCCCCCCC. The molecule has 0 aromatic rings. The Balaban J connectivity index is 3.50. The second-order valence-electron chi connectivity index (χ2n) is 13.4. The first-order chi connectivity index (χ1) is 21.2. The van der Waals surface area contributed by atoms with Gasteiger partial charge in [0.25, 0.3) is 0 Å². The van der Waals surface area contributed by atoms with E-state index in [-0.39, 0.29) is 12.5 Å². The van der Waals surface area contributed by atoms with E-state index in [0.29, 0.717) is 6.42 Å². The molecule has 2 unspecified atom stereocenters. The summed E-state index contributed by atoms with van der Waals surface area (Å²) in [5, 5.41) is 22.8. The van der Waals surface area contributed by atoms with Crippen LogP contribution in [0.5, 0.6) is 0 Å². The van der Waals surface area contributed by atoms with Crippen molar-refractivity contribution in [2.75, 3.05) is 6.61 Å². The molecule has 0 heterocycles. The van der Waals surface area contributed by atoms with E-state index in [2.05, 4.69) is 19.2 Å². The van der Waals surface area contributed by atoms with E-state index in [1.54, 1.807) is 6.08 Å². The van der Waals surface area contributed by atoms with Crippen LogP contribution in [0.15, 0.2) is 12.2 Å². The molecule has 4 nitrogen and oxygen atoms in total. The molecule has 3 N–H and O–H groups in total. The summed E-state index contributed by atoms with van der Waals surface area (Å²) < 4.78 is 0. The van der Waals surface area contributed by atoms with Gasteiger partial charge in [-0.1, -0.05) is 199 Å². The van der Waals surface area contributed by atoms with E-state index in [1.807, 2.05) is 6.08 Å². The third kappa shape index (κ3) is 32.3. The fourth-order valence-electron chi connectivity index (χ4n) is 6.00. The smallest absolute Gasteiger partial charge is 0.220 e. The van der Waals surface area contributed by atoms with Crippen LogP contribution in [0.1, 0.15) is 213 Å². The third-order valence-corrected chi connectivity index (χ3v) is 9.02. The molecule has 4 heteroatoms. The van der Waals surface area contributed by atoms with Gasteiger partial charge in [0, 0.05) is 6.42 Å². The molecule has 0 rings (SSSR count). The Hall–Kier alpha value is -0.870. The Labute approximate surface area is 269 Å². The molecule has 0 aromatic carbocycles. The lowest BCUT2D eigenvalue weighted by molar-refractivity contribution is -0.123. The second-order valence-corrected chi connectivity index (χ2v) is 13.4. The van der Waals surface area contributed by atoms with Crippen LogP contribution in [-0.4, -0.2) is 34.9 Å². The van der Waals surface area contributed by atoms with Gasteiger partial charge in [0.05, 0.1) is 18.8 Å². The largest absolute Gasteiger partial charge is 0.394 e. The van der Waals surface area contributed by atoms with Gasteiger partial charge in [-0.2, -0.15) is 0 Å². The third-order valence-electron chi connectivity index (χ3n) is 9.02. The lowest BCUT2D eigenvalue weighted by atomic mass is 10.0. The minimum atomic E-state index is -0.831. The number of nitrogens with one attached hydrogen (secondary N) is 1. The molecule has 0 radical (unpaired) electrons. The normalized spacial score (nSPS) is 13.1. The van der Waals surface area contributed by atoms with E-state index < -0.39 is 12.1 Å². The van der Waals surface area contributed by atoms with Crippen molar-refractivity contribution in [2.45, 2.75) is 225 Å². The summed E-state index contributed by atoms with van der Waals surface area (Å²) in [6, 6.07) is -0.614. The van der Waals surface area contributed by atoms with Crippen molar-refractivity contribution < 1.29 is 15.0 Å². The maximum atomic E-state index is 12.3. The van der Waals surface area contributed by atoms with Gasteiger partial charge in [-0.25, -0.2) is 0 Å². The lowest BCUT2D eigenvalue weighted by Gasteiger charge is -2.20. The summed E-state index contributed by atoms with van der Waals surface area (Å²) in [5.74, 6) is -0.0626. The van der Waals surface area contributed by atoms with E-state index in [9.17, 15) is 15.0 Å². The number of aliphatic hydroxyl groups is 2. The molecule has 43 heavy (non-hydrogen) atoms. The number of amides is 1. The topological polar surface area (TPSA) is 69.6 Å². The van der Waals surface area contributed by atoms with Crippen LogP contribution in [0, 0.1) is 0 Å². The van der Waals surface area contributed by atoms with Gasteiger partial charge in [0.1, 0.15) is 0 Å². The quantitative estimate of drug-likeness (QED) is 0.0496. The molecule has 0 aliphatic rings. The number of hydrogen-bond donors (Lipinski definition) is 3. The average molecular weight is 608 g/mol. The summed E-state index contributed by atoms with van der Waals surface area (Å²) in [6.07, 6.45) is 43.1. The number of unbranched alkanes of at least 4 members (excludes halogenated alkanes) is 28. The molecule has 0 spiro atoms. The molecule has 0 saturated heterocycles. The predicted octanol–water partition coefficient (Wildman–Crippen LogP) is 11.5. The summed E-state index contributed by atoms with van der Waals surface area (Å²) in [5.41, 5.74) is 0. The number of carbonyl (C=O) groups is 1. The molecule has 2 atom stereocenters. The molecule has 0 aromatic heterocycles. The van der Waals surface area contributed by atoms with Crippen LogP contribution in [0.4, 0.5) is 0 Å². The van der Waals surface area contributed by atoms with Crippen molar-refractivity contribution >= 4 is 5.91 Å². The number of carbonyl (C=O) groups excluding carboxylic acids is 1. The van der Waals surface area contributed by atoms with Crippen LogP contribution in [0.25, 0.3) is 0 Å². The summed E-state index contributed by atoms with van der Waals surface area (Å²) >= 11 is 0. The van der Waals surface area contributed by atoms with E-state index in [1.165, 1.54) is 167 Å². The van der Waals surface area contributed by atoms with Gasteiger partial charge < -0.3 is 15.5 Å². The molecule has 0 aliphatic carbocycles. The molecule has 256 valence electrons. The molecular formula is C39H77NO3. The zero-order valence-corrected chi connectivity index (χ0v) is 29.2. The van der Waals surface area contributed by atoms with Crippen LogP contribution < -0.4 is 5.32 Å². The number of allylic oxidation sites excluding steroid dienone is 1. The van der Waals surface area contributed by atoms with Crippen molar-refractivity contribution in [3.8, 4) is 0 Å². The van der Waals surface area contributed by atoms with E-state index >= 15 is 0 Å². The highest BCUT2D eigenvalue weighted by atomic mass is 16.3. The van der Waals surface area contributed by atoms with Crippen molar-refractivity contribution in [3.05, 3.63) is 12.2 Å². The Kier molecular flexibility index (Phi) is 34.9. The van der Waals surface area contributed by atoms with E-state index in [4.69, 9.17) is 0 Å². The van der Waals surface area contributed by atoms with Crippen molar-refractivity contribution in [1.82, 2.24) is 5.32 Å². The lowest BCUT2D eigenvalue weighted by Crippen LogP contribution is -2.45. The first-order valence-corrected chi connectivity index (χ1v) is 19.4. The summed E-state index contributed by atoms with van der Waals surface area (Å²) in [7, 11) is 0. The van der Waals surface area contributed by atoms with Gasteiger partial charge >= 0.3 is 0 Å². The number of rotatable bonds is 35. The average Bonchev–Trinajstić information content (AvgIpc) is 3.01. The highest BCUT2D eigenvalue weighted by Crippen LogP contribution is 2.15. The standard InChI is InChI=1S/C39H77NO3/c1-3-5-7-9-11-13-15-16-17-18-19-20-21-22-23-24-25-27-29-31-33-35-39(43)40-37(36-41)38(42)34-32-30-28-26-14-12-10-8-6-4-2/h32,34,37-38,41-42H,3-31,33,35-36H2,1-2H3,(H,40,43)/b34-32+. The fraction of sp³-hybridized carbons (Fsp3) is 0.923. The number of hydrogen-bond acceptors (Lipinski definition) is 3. The van der Waals surface area contributed by atoms with Crippen molar-refractivity contribution in [3.63, 3.8) is 0 Å². The maximum Gasteiger partial charge on any atom is 0.220 e. The van der Waals surface area contributed by atoms with Gasteiger partial charge in [-0.15, -0.1) is 0 Å². The van der Waals surface area contributed by atoms with Crippen LogP contribution in [0.3, 0.4) is 0 Å². The Morgan fingerprint density at radius 2 is 0.860 bits per heavy atom. The molecule has 0 saturated carbocycles. The molecular weight excluding hydrogens is 530 g/mol. The van der Waals surface area contributed by atoms with Crippen molar-refractivity contribution in [1.29, 1.82) is 0 Å². The van der Waals surface area contributed by atoms with Crippen molar-refractivity contribution in [2.24, 2.45) is 0 Å². The monoisotopic (exact) mass is 608 g/mol. The highest BCUT2D eigenvalue weighted by Gasteiger charge is 2.17. The molecule has 1 amide bonds. The van der Waals surface area contributed by atoms with Gasteiger partial charge in [0.15, 0.2) is 0 Å². The summed E-state index contributed by atoms with van der Waals surface area (Å²) in [4.78, 5) is 12.3. The Morgan fingerprint density at radius 3 is 1.21 bits per heavy atom. The van der Waals surface area contributed by atoms with Crippen LogP contribution in [0.2, 0.25) is 0 Å². The first-order valence-electron chi connectivity index (χ1n) is 19.4. The minimum Gasteiger partial charge on any atom is -0.394 e. The summed E-state index contributed by atoms with van der Waals surface area (Å²) in [6.45, 7) is 4.30. The highest BCUT2D eigenvalue weighted by molar-refractivity contribution is 5.76. The zero-order chi connectivity index (χ0) is 31.5. The zero-order valence-electron chi connectivity index (χ0n) is 29.2. The van der Waals surface area contributed by atoms with Gasteiger partial charge in [0.2, 0.25) is 5.91 Å². The Morgan fingerprint density at radius 1 is 0.535 bits per heavy atom.